The normalized spacial score (nSPS) is 21.4. The average Bonchev–Trinajstić information content (AvgIpc) is 3.48. The third-order valence-electron chi connectivity index (χ3n) is 5.74. The molecule has 1 amide bonds. The van der Waals surface area contributed by atoms with Crippen molar-refractivity contribution in [2.45, 2.75) is 50.4 Å². The van der Waals surface area contributed by atoms with Crippen molar-refractivity contribution in [1.82, 2.24) is 0 Å². The first kappa shape index (κ1) is 18.3. The second-order valence-electron chi connectivity index (χ2n) is 7.91. The number of carbonyl (C=O) groups is 1. The molecular weight excluding hydrogens is 370 g/mol. The molecule has 1 saturated heterocycles. The maximum Gasteiger partial charge on any atom is 0.255 e. The number of nitrogens with one attached hydrogen (secondary N) is 1. The van der Waals surface area contributed by atoms with E-state index in [-0.39, 0.29) is 12.0 Å². The van der Waals surface area contributed by atoms with Gasteiger partial charge in [-0.05, 0) is 62.1 Å². The van der Waals surface area contributed by atoms with E-state index in [2.05, 4.69) is 5.32 Å². The van der Waals surface area contributed by atoms with Gasteiger partial charge in [0.15, 0.2) is 11.5 Å². The van der Waals surface area contributed by atoms with Crippen molar-refractivity contribution in [2.75, 3.05) is 18.5 Å². The van der Waals surface area contributed by atoms with Gasteiger partial charge < -0.3 is 24.3 Å². The van der Waals surface area contributed by atoms with Crippen molar-refractivity contribution in [1.29, 1.82) is 0 Å². The summed E-state index contributed by atoms with van der Waals surface area (Å²) in [6.45, 7) is 1.36. The molecule has 0 radical (unpaired) electrons. The molecule has 2 aliphatic heterocycles. The van der Waals surface area contributed by atoms with E-state index in [4.69, 9.17) is 18.9 Å². The van der Waals surface area contributed by atoms with Gasteiger partial charge in [0.05, 0.1) is 6.10 Å². The first-order valence-corrected chi connectivity index (χ1v) is 10.4. The lowest BCUT2D eigenvalue weighted by atomic mass is 10.2. The number of rotatable bonds is 5. The molecule has 0 aromatic heterocycles. The Bertz CT molecular complexity index is 883. The molecule has 1 spiro atoms. The van der Waals surface area contributed by atoms with E-state index in [1.165, 1.54) is 0 Å². The number of fused-ring (bicyclic) bond motifs is 1. The monoisotopic (exact) mass is 395 g/mol. The summed E-state index contributed by atoms with van der Waals surface area (Å²) in [7, 11) is 0. The molecule has 1 unspecified atom stereocenters. The zero-order valence-corrected chi connectivity index (χ0v) is 16.3. The van der Waals surface area contributed by atoms with Crippen LogP contribution in [-0.4, -0.2) is 31.0 Å². The van der Waals surface area contributed by atoms with Gasteiger partial charge in [0.1, 0.15) is 12.4 Å². The summed E-state index contributed by atoms with van der Waals surface area (Å²) >= 11 is 0. The van der Waals surface area contributed by atoms with E-state index >= 15 is 0 Å². The van der Waals surface area contributed by atoms with Gasteiger partial charge in [-0.15, -0.1) is 0 Å². The molecule has 5 rings (SSSR count). The molecular formula is C23H25NO5. The minimum absolute atomic E-state index is 0.173. The van der Waals surface area contributed by atoms with E-state index in [0.29, 0.717) is 23.6 Å². The van der Waals surface area contributed by atoms with Crippen LogP contribution in [0.4, 0.5) is 5.69 Å². The van der Waals surface area contributed by atoms with Crippen molar-refractivity contribution in [3.05, 3.63) is 48.0 Å². The van der Waals surface area contributed by atoms with E-state index in [1.807, 2.05) is 30.3 Å². The standard InChI is InChI=1S/C23H25NO5/c25-22(16-5-8-18(9-6-16)27-15-19-4-3-13-26-19)24-17-7-10-20-21(14-17)29-23(28-20)11-1-2-12-23/h5-10,14,19H,1-4,11-13,15H2,(H,24,25). The summed E-state index contributed by atoms with van der Waals surface area (Å²) in [6, 6.07) is 12.7. The minimum Gasteiger partial charge on any atom is -0.491 e. The van der Waals surface area contributed by atoms with Crippen molar-refractivity contribution < 1.29 is 23.7 Å². The Labute approximate surface area is 170 Å². The molecule has 2 aromatic carbocycles. The lowest BCUT2D eigenvalue weighted by Crippen LogP contribution is -2.34. The SMILES string of the molecule is O=C(Nc1ccc2c(c1)OC1(CCCC1)O2)c1ccc(OCC2CCCO2)cc1. The van der Waals surface area contributed by atoms with E-state index in [0.717, 1.165) is 56.6 Å². The largest absolute Gasteiger partial charge is 0.491 e. The van der Waals surface area contributed by atoms with Crippen LogP contribution < -0.4 is 19.5 Å². The predicted molar refractivity (Wildman–Crippen MR) is 108 cm³/mol. The molecule has 2 heterocycles. The summed E-state index contributed by atoms with van der Waals surface area (Å²) in [4.78, 5) is 12.6. The topological polar surface area (TPSA) is 66.0 Å². The van der Waals surface area contributed by atoms with Gasteiger partial charge in [-0.3, -0.25) is 4.79 Å². The van der Waals surface area contributed by atoms with Crippen molar-refractivity contribution in [3.63, 3.8) is 0 Å². The zero-order valence-electron chi connectivity index (χ0n) is 16.3. The first-order chi connectivity index (χ1) is 14.2. The van der Waals surface area contributed by atoms with Gasteiger partial charge >= 0.3 is 0 Å². The van der Waals surface area contributed by atoms with Crippen LogP contribution in [0.5, 0.6) is 17.2 Å². The molecule has 152 valence electrons. The van der Waals surface area contributed by atoms with Crippen LogP contribution in [0.25, 0.3) is 0 Å². The van der Waals surface area contributed by atoms with E-state index in [1.54, 1.807) is 12.1 Å². The highest BCUT2D eigenvalue weighted by Gasteiger charge is 2.44. The molecule has 6 nitrogen and oxygen atoms in total. The molecule has 29 heavy (non-hydrogen) atoms. The predicted octanol–water partition coefficient (Wildman–Crippen LogP) is 4.54. The fourth-order valence-corrected chi connectivity index (χ4v) is 4.16. The van der Waals surface area contributed by atoms with Crippen LogP contribution in [0.3, 0.4) is 0 Å². The minimum atomic E-state index is -0.496. The summed E-state index contributed by atoms with van der Waals surface area (Å²) < 4.78 is 23.4. The van der Waals surface area contributed by atoms with Crippen LogP contribution in [-0.2, 0) is 4.74 Å². The Morgan fingerprint density at radius 2 is 1.83 bits per heavy atom. The number of benzene rings is 2. The first-order valence-electron chi connectivity index (χ1n) is 10.4. The lowest BCUT2D eigenvalue weighted by molar-refractivity contribution is -0.0716. The van der Waals surface area contributed by atoms with Crippen LogP contribution in [0.15, 0.2) is 42.5 Å². The number of carbonyl (C=O) groups excluding carboxylic acids is 1. The molecule has 1 saturated carbocycles. The van der Waals surface area contributed by atoms with Gasteiger partial charge in [0.2, 0.25) is 0 Å². The second kappa shape index (κ2) is 7.59. The summed E-state index contributed by atoms with van der Waals surface area (Å²) in [5, 5.41) is 2.93. The highest BCUT2D eigenvalue weighted by Crippen LogP contribution is 2.47. The van der Waals surface area contributed by atoms with Gasteiger partial charge in [-0.1, -0.05) is 0 Å². The zero-order chi connectivity index (χ0) is 19.7. The molecule has 2 aromatic rings. The Morgan fingerprint density at radius 3 is 2.59 bits per heavy atom. The average molecular weight is 395 g/mol. The summed E-state index contributed by atoms with van der Waals surface area (Å²) in [6.07, 6.45) is 6.35. The van der Waals surface area contributed by atoms with Gasteiger partial charge in [0, 0.05) is 36.8 Å². The van der Waals surface area contributed by atoms with Crippen LogP contribution >= 0.6 is 0 Å². The van der Waals surface area contributed by atoms with E-state index in [9.17, 15) is 4.79 Å². The Hall–Kier alpha value is -2.73. The summed E-state index contributed by atoms with van der Waals surface area (Å²) in [5.41, 5.74) is 1.26. The fraction of sp³-hybridized carbons (Fsp3) is 0.435. The molecule has 2 fully saturated rings. The Balaban J connectivity index is 1.20. The molecule has 1 aliphatic carbocycles. The third-order valence-corrected chi connectivity index (χ3v) is 5.74. The molecule has 1 atom stereocenters. The Kier molecular flexibility index (Phi) is 4.79. The molecule has 1 N–H and O–H groups in total. The van der Waals surface area contributed by atoms with Crippen LogP contribution in [0, 0.1) is 0 Å². The molecule has 3 aliphatic rings. The number of ether oxygens (including phenoxy) is 4. The number of hydrogen-bond donors (Lipinski definition) is 1. The van der Waals surface area contributed by atoms with Crippen LogP contribution in [0.1, 0.15) is 48.9 Å². The maximum absolute atomic E-state index is 12.6. The highest BCUT2D eigenvalue weighted by atomic mass is 16.7. The fourth-order valence-electron chi connectivity index (χ4n) is 4.16. The smallest absolute Gasteiger partial charge is 0.255 e. The second-order valence-corrected chi connectivity index (χ2v) is 7.91. The molecule has 6 heteroatoms. The van der Waals surface area contributed by atoms with Crippen molar-refractivity contribution >= 4 is 11.6 Å². The van der Waals surface area contributed by atoms with Gasteiger partial charge in [-0.25, -0.2) is 0 Å². The quantitative estimate of drug-likeness (QED) is 0.805. The van der Waals surface area contributed by atoms with E-state index < -0.39 is 5.79 Å². The van der Waals surface area contributed by atoms with Crippen molar-refractivity contribution in [3.8, 4) is 17.2 Å². The Morgan fingerprint density at radius 1 is 1.03 bits per heavy atom. The van der Waals surface area contributed by atoms with Gasteiger partial charge in [0.25, 0.3) is 11.7 Å². The lowest BCUT2D eigenvalue weighted by Gasteiger charge is -2.21. The molecule has 0 bridgehead atoms. The number of anilines is 1. The van der Waals surface area contributed by atoms with Crippen molar-refractivity contribution in [2.24, 2.45) is 0 Å². The van der Waals surface area contributed by atoms with Gasteiger partial charge in [-0.2, -0.15) is 0 Å². The summed E-state index contributed by atoms with van der Waals surface area (Å²) in [5.74, 6) is 1.51. The van der Waals surface area contributed by atoms with Crippen LogP contribution in [0.2, 0.25) is 0 Å². The third kappa shape index (κ3) is 3.90. The number of hydrogen-bond acceptors (Lipinski definition) is 5. The highest BCUT2D eigenvalue weighted by molar-refractivity contribution is 6.04. The maximum atomic E-state index is 12.6. The number of amides is 1.